The van der Waals surface area contributed by atoms with Gasteiger partial charge < -0.3 is 10.2 Å². The van der Waals surface area contributed by atoms with Crippen LogP contribution in [0.5, 0.6) is 0 Å². The second-order valence-electron chi connectivity index (χ2n) is 7.16. The first-order valence-electron chi connectivity index (χ1n) is 9.23. The first-order valence-corrected chi connectivity index (χ1v) is 9.23. The number of benzene rings is 1. The number of rotatable bonds is 7. The summed E-state index contributed by atoms with van der Waals surface area (Å²) in [5, 5.41) is 3.43. The van der Waals surface area contributed by atoms with Crippen LogP contribution >= 0.6 is 0 Å². The Labute approximate surface area is 151 Å². The van der Waals surface area contributed by atoms with Gasteiger partial charge in [0.15, 0.2) is 0 Å². The predicted molar refractivity (Wildman–Crippen MR) is 103 cm³/mol. The molecule has 1 aliphatic rings. The summed E-state index contributed by atoms with van der Waals surface area (Å²) in [5.74, 6) is 1.51. The lowest BCUT2D eigenvalue weighted by Gasteiger charge is -2.34. The minimum Gasteiger partial charge on any atom is -0.338 e. The van der Waals surface area contributed by atoms with Gasteiger partial charge in [-0.2, -0.15) is 0 Å². The number of aromatic nitrogens is 2. The van der Waals surface area contributed by atoms with Crippen molar-refractivity contribution in [3.63, 3.8) is 0 Å². The highest BCUT2D eigenvalue weighted by Gasteiger charge is 2.18. The second kappa shape index (κ2) is 8.92. The zero-order valence-electron chi connectivity index (χ0n) is 15.4. The molecule has 1 aromatic heterocycles. The molecule has 1 N–H and O–H groups in total. The van der Waals surface area contributed by atoms with Gasteiger partial charge in [-0.3, -0.25) is 4.90 Å². The molecule has 1 aromatic carbocycles. The third kappa shape index (κ3) is 5.51. The van der Waals surface area contributed by atoms with Crippen molar-refractivity contribution in [1.82, 2.24) is 20.2 Å². The lowest BCUT2D eigenvalue weighted by Crippen LogP contribution is -2.46. The second-order valence-corrected chi connectivity index (χ2v) is 7.16. The summed E-state index contributed by atoms with van der Waals surface area (Å²) in [6, 6.07) is 10.7. The van der Waals surface area contributed by atoms with Crippen molar-refractivity contribution in [3.8, 4) is 0 Å². The molecule has 0 unspecified atom stereocenters. The SMILES string of the molecule is CC(C)CNCc1cnc(N2CCN(Cc3ccccc3)CC2)nc1. The summed E-state index contributed by atoms with van der Waals surface area (Å²) in [7, 11) is 0. The molecule has 5 nitrogen and oxygen atoms in total. The highest BCUT2D eigenvalue weighted by molar-refractivity contribution is 5.30. The largest absolute Gasteiger partial charge is 0.338 e. The molecule has 0 radical (unpaired) electrons. The molecule has 0 aliphatic carbocycles. The van der Waals surface area contributed by atoms with Crippen molar-refractivity contribution in [2.24, 2.45) is 5.92 Å². The van der Waals surface area contributed by atoms with Gasteiger partial charge in [-0.15, -0.1) is 0 Å². The van der Waals surface area contributed by atoms with E-state index in [9.17, 15) is 0 Å². The number of anilines is 1. The Morgan fingerprint density at radius 3 is 2.28 bits per heavy atom. The fraction of sp³-hybridized carbons (Fsp3) is 0.500. The number of nitrogens with one attached hydrogen (secondary N) is 1. The third-order valence-electron chi connectivity index (χ3n) is 4.48. The van der Waals surface area contributed by atoms with E-state index in [4.69, 9.17) is 0 Å². The predicted octanol–water partition coefficient (Wildman–Crippen LogP) is 2.54. The quantitative estimate of drug-likeness (QED) is 0.840. The van der Waals surface area contributed by atoms with Crippen LogP contribution in [0.1, 0.15) is 25.0 Å². The van der Waals surface area contributed by atoms with Gasteiger partial charge in [0.05, 0.1) is 0 Å². The number of piperazine rings is 1. The van der Waals surface area contributed by atoms with Crippen LogP contribution in [0.4, 0.5) is 5.95 Å². The Kier molecular flexibility index (Phi) is 6.36. The van der Waals surface area contributed by atoms with E-state index < -0.39 is 0 Å². The number of hydrogen-bond acceptors (Lipinski definition) is 5. The average Bonchev–Trinajstić information content (AvgIpc) is 2.64. The minimum atomic E-state index is 0.660. The van der Waals surface area contributed by atoms with E-state index in [0.29, 0.717) is 5.92 Å². The summed E-state index contributed by atoms with van der Waals surface area (Å²) in [4.78, 5) is 13.9. The normalized spacial score (nSPS) is 15.7. The molecule has 134 valence electrons. The van der Waals surface area contributed by atoms with E-state index in [1.165, 1.54) is 5.56 Å². The summed E-state index contributed by atoms with van der Waals surface area (Å²) < 4.78 is 0. The fourth-order valence-corrected chi connectivity index (χ4v) is 3.06. The number of hydrogen-bond donors (Lipinski definition) is 1. The molecule has 2 heterocycles. The van der Waals surface area contributed by atoms with E-state index in [0.717, 1.165) is 57.3 Å². The molecule has 0 bridgehead atoms. The van der Waals surface area contributed by atoms with Crippen LogP contribution in [-0.2, 0) is 13.1 Å². The summed E-state index contributed by atoms with van der Waals surface area (Å²) in [5.41, 5.74) is 2.53. The molecule has 3 rings (SSSR count). The maximum Gasteiger partial charge on any atom is 0.225 e. The molecule has 1 saturated heterocycles. The van der Waals surface area contributed by atoms with Gasteiger partial charge in [0, 0.05) is 57.2 Å². The van der Waals surface area contributed by atoms with Gasteiger partial charge in [-0.05, 0) is 18.0 Å². The smallest absolute Gasteiger partial charge is 0.225 e. The maximum atomic E-state index is 4.57. The van der Waals surface area contributed by atoms with E-state index >= 15 is 0 Å². The minimum absolute atomic E-state index is 0.660. The standard InChI is InChI=1S/C20H29N5/c1-17(2)12-21-13-19-14-22-20(23-15-19)25-10-8-24(9-11-25)16-18-6-4-3-5-7-18/h3-7,14-15,17,21H,8-13,16H2,1-2H3. The van der Waals surface area contributed by atoms with E-state index in [2.05, 4.69) is 69.3 Å². The van der Waals surface area contributed by atoms with Crippen LogP contribution in [0, 0.1) is 5.92 Å². The molecule has 5 heteroatoms. The Balaban J connectivity index is 1.46. The van der Waals surface area contributed by atoms with Gasteiger partial charge in [-0.25, -0.2) is 9.97 Å². The Morgan fingerprint density at radius 2 is 1.64 bits per heavy atom. The van der Waals surface area contributed by atoms with Crippen LogP contribution in [0.25, 0.3) is 0 Å². The van der Waals surface area contributed by atoms with Crippen molar-refractivity contribution in [3.05, 3.63) is 53.9 Å². The summed E-state index contributed by atoms with van der Waals surface area (Å²) in [6.45, 7) is 11.4. The molecule has 0 saturated carbocycles. The average molecular weight is 339 g/mol. The zero-order valence-corrected chi connectivity index (χ0v) is 15.4. The Morgan fingerprint density at radius 1 is 0.960 bits per heavy atom. The maximum absolute atomic E-state index is 4.57. The molecule has 0 amide bonds. The van der Waals surface area contributed by atoms with E-state index in [1.54, 1.807) is 0 Å². The van der Waals surface area contributed by atoms with Crippen molar-refractivity contribution in [2.75, 3.05) is 37.6 Å². The molecule has 0 atom stereocenters. The Hall–Kier alpha value is -1.98. The van der Waals surface area contributed by atoms with Gasteiger partial charge >= 0.3 is 0 Å². The number of nitrogens with zero attached hydrogens (tertiary/aromatic N) is 4. The molecule has 2 aromatic rings. The third-order valence-corrected chi connectivity index (χ3v) is 4.48. The molecule has 25 heavy (non-hydrogen) atoms. The fourth-order valence-electron chi connectivity index (χ4n) is 3.06. The van der Waals surface area contributed by atoms with Crippen LogP contribution in [-0.4, -0.2) is 47.6 Å². The lowest BCUT2D eigenvalue weighted by atomic mass is 10.2. The summed E-state index contributed by atoms with van der Waals surface area (Å²) in [6.07, 6.45) is 3.90. The van der Waals surface area contributed by atoms with E-state index in [1.807, 2.05) is 12.4 Å². The zero-order chi connectivity index (χ0) is 17.5. The first-order chi connectivity index (χ1) is 12.2. The Bertz CT molecular complexity index is 618. The summed E-state index contributed by atoms with van der Waals surface area (Å²) >= 11 is 0. The molecular weight excluding hydrogens is 310 g/mol. The highest BCUT2D eigenvalue weighted by atomic mass is 15.3. The topological polar surface area (TPSA) is 44.3 Å². The van der Waals surface area contributed by atoms with Gasteiger partial charge in [0.2, 0.25) is 5.95 Å². The van der Waals surface area contributed by atoms with Crippen LogP contribution in [0.15, 0.2) is 42.7 Å². The van der Waals surface area contributed by atoms with Crippen LogP contribution in [0.3, 0.4) is 0 Å². The lowest BCUT2D eigenvalue weighted by molar-refractivity contribution is 0.248. The highest BCUT2D eigenvalue weighted by Crippen LogP contribution is 2.13. The molecule has 1 fully saturated rings. The first kappa shape index (κ1) is 17.8. The molecule has 0 spiro atoms. The van der Waals surface area contributed by atoms with Crippen molar-refractivity contribution >= 4 is 5.95 Å². The van der Waals surface area contributed by atoms with Crippen molar-refractivity contribution < 1.29 is 0 Å². The monoisotopic (exact) mass is 339 g/mol. The van der Waals surface area contributed by atoms with Gasteiger partial charge in [0.25, 0.3) is 0 Å². The van der Waals surface area contributed by atoms with Crippen LogP contribution in [0.2, 0.25) is 0 Å². The molecular formula is C20H29N5. The molecule has 1 aliphatic heterocycles. The van der Waals surface area contributed by atoms with E-state index in [-0.39, 0.29) is 0 Å². The van der Waals surface area contributed by atoms with Gasteiger partial charge in [0.1, 0.15) is 0 Å². The van der Waals surface area contributed by atoms with Gasteiger partial charge in [-0.1, -0.05) is 44.2 Å². The van der Waals surface area contributed by atoms with Crippen LogP contribution < -0.4 is 10.2 Å². The van der Waals surface area contributed by atoms with Crippen molar-refractivity contribution in [1.29, 1.82) is 0 Å². The van der Waals surface area contributed by atoms with Crippen molar-refractivity contribution in [2.45, 2.75) is 26.9 Å².